The number of carbonyl (C=O) groups excluding carboxylic acids is 1. The van der Waals surface area contributed by atoms with Gasteiger partial charge in [-0.1, -0.05) is 0 Å². The van der Waals surface area contributed by atoms with Crippen LogP contribution >= 0.6 is 0 Å². The molecule has 1 saturated carbocycles. The minimum Gasteiger partial charge on any atom is -0.367 e. The van der Waals surface area contributed by atoms with Crippen molar-refractivity contribution in [3.8, 4) is 11.3 Å². The molecule has 2 saturated heterocycles. The highest BCUT2D eigenvalue weighted by molar-refractivity contribution is 5.94. The Hall–Kier alpha value is -2.83. The number of pyridine rings is 1. The summed E-state index contributed by atoms with van der Waals surface area (Å²) in [6, 6.07) is 5.00. The summed E-state index contributed by atoms with van der Waals surface area (Å²) in [5, 5.41) is 5.42. The SMILES string of the molecule is Cn1cc(-c2cc3c(N4CC5CCC(C4)N5C(=O)C4CC4)ccnc3[nH]2)cn1. The summed E-state index contributed by atoms with van der Waals surface area (Å²) in [4.78, 5) is 25.4. The van der Waals surface area contributed by atoms with E-state index in [9.17, 15) is 4.79 Å². The summed E-state index contributed by atoms with van der Waals surface area (Å²) >= 11 is 0. The van der Waals surface area contributed by atoms with Crippen LogP contribution in [0.15, 0.2) is 30.7 Å². The number of nitrogens with zero attached hydrogens (tertiary/aromatic N) is 5. The van der Waals surface area contributed by atoms with E-state index in [-0.39, 0.29) is 0 Å². The van der Waals surface area contributed by atoms with Crippen LogP contribution in [0.25, 0.3) is 22.3 Å². The minimum atomic E-state index is 0.314. The number of hydrogen-bond donors (Lipinski definition) is 1. The van der Waals surface area contributed by atoms with E-state index in [4.69, 9.17) is 0 Å². The Morgan fingerprint density at radius 2 is 1.96 bits per heavy atom. The van der Waals surface area contributed by atoms with Gasteiger partial charge in [-0.05, 0) is 37.8 Å². The number of hydrogen-bond acceptors (Lipinski definition) is 4. The predicted molar refractivity (Wildman–Crippen MR) is 107 cm³/mol. The van der Waals surface area contributed by atoms with Gasteiger partial charge >= 0.3 is 0 Å². The fourth-order valence-electron chi connectivity index (χ4n) is 5.01. The number of aromatic amines is 1. The first-order valence-corrected chi connectivity index (χ1v) is 10.2. The van der Waals surface area contributed by atoms with Gasteiger partial charge in [0.05, 0.1) is 11.9 Å². The largest absolute Gasteiger partial charge is 0.367 e. The molecule has 2 atom stereocenters. The van der Waals surface area contributed by atoms with Gasteiger partial charge in [0.2, 0.25) is 5.91 Å². The lowest BCUT2D eigenvalue weighted by Gasteiger charge is -2.42. The molecule has 7 heteroatoms. The zero-order valence-electron chi connectivity index (χ0n) is 16.0. The average molecular weight is 376 g/mol. The van der Waals surface area contributed by atoms with Gasteiger partial charge in [0.1, 0.15) is 5.65 Å². The highest BCUT2D eigenvalue weighted by Gasteiger charge is 2.46. The van der Waals surface area contributed by atoms with Crippen molar-refractivity contribution in [3.05, 3.63) is 30.7 Å². The van der Waals surface area contributed by atoms with E-state index in [0.717, 1.165) is 61.1 Å². The molecule has 144 valence electrons. The first-order chi connectivity index (χ1) is 13.7. The molecular weight excluding hydrogens is 352 g/mol. The quantitative estimate of drug-likeness (QED) is 0.763. The van der Waals surface area contributed by atoms with E-state index in [2.05, 4.69) is 37.0 Å². The van der Waals surface area contributed by atoms with Crippen molar-refractivity contribution in [1.82, 2.24) is 24.6 Å². The number of amides is 1. The van der Waals surface area contributed by atoms with Crippen LogP contribution in [0.3, 0.4) is 0 Å². The lowest BCUT2D eigenvalue weighted by molar-refractivity contribution is -0.135. The Balaban J connectivity index is 1.33. The number of aromatic nitrogens is 4. The van der Waals surface area contributed by atoms with Crippen LogP contribution in [0.5, 0.6) is 0 Å². The van der Waals surface area contributed by atoms with Gasteiger partial charge in [0.25, 0.3) is 0 Å². The highest BCUT2D eigenvalue weighted by Crippen LogP contribution is 2.40. The molecule has 1 aliphatic carbocycles. The van der Waals surface area contributed by atoms with Crippen LogP contribution in [-0.2, 0) is 11.8 Å². The van der Waals surface area contributed by atoms with Gasteiger partial charge in [-0.2, -0.15) is 5.10 Å². The summed E-state index contributed by atoms with van der Waals surface area (Å²) in [6.07, 6.45) is 10.2. The van der Waals surface area contributed by atoms with Crippen LogP contribution in [0.4, 0.5) is 5.69 Å². The van der Waals surface area contributed by atoms with E-state index < -0.39 is 0 Å². The second kappa shape index (κ2) is 5.83. The number of fused-ring (bicyclic) bond motifs is 3. The molecule has 2 bridgehead atoms. The first-order valence-electron chi connectivity index (χ1n) is 10.2. The fraction of sp³-hybridized carbons (Fsp3) is 0.476. The minimum absolute atomic E-state index is 0.314. The molecule has 3 aromatic rings. The lowest BCUT2D eigenvalue weighted by Crippen LogP contribution is -2.56. The molecule has 5 heterocycles. The Morgan fingerprint density at radius 3 is 2.64 bits per heavy atom. The van der Waals surface area contributed by atoms with Crippen molar-refractivity contribution in [2.75, 3.05) is 18.0 Å². The van der Waals surface area contributed by atoms with Crippen molar-refractivity contribution in [1.29, 1.82) is 0 Å². The number of nitrogens with one attached hydrogen (secondary N) is 1. The van der Waals surface area contributed by atoms with Crippen LogP contribution < -0.4 is 4.90 Å². The van der Waals surface area contributed by atoms with Crippen molar-refractivity contribution >= 4 is 22.6 Å². The van der Waals surface area contributed by atoms with Crippen molar-refractivity contribution in [3.63, 3.8) is 0 Å². The standard InChI is InChI=1S/C21H24N6O/c1-25-10-14(9-23-25)18-8-17-19(6-7-22-20(17)24-18)26-11-15-4-5-16(12-26)27(15)21(28)13-2-3-13/h6-10,13,15-16H,2-5,11-12H2,1H3,(H,22,24). The third-order valence-corrected chi connectivity index (χ3v) is 6.53. The van der Waals surface area contributed by atoms with Crippen LogP contribution in [0.1, 0.15) is 25.7 Å². The Morgan fingerprint density at radius 1 is 1.18 bits per heavy atom. The van der Waals surface area contributed by atoms with E-state index in [1.807, 2.05) is 30.3 Å². The molecule has 3 fully saturated rings. The zero-order chi connectivity index (χ0) is 18.8. The van der Waals surface area contributed by atoms with Gasteiger partial charge in [-0.15, -0.1) is 0 Å². The number of carbonyl (C=O) groups is 1. The third-order valence-electron chi connectivity index (χ3n) is 6.53. The molecule has 1 N–H and O–H groups in total. The first kappa shape index (κ1) is 16.2. The highest BCUT2D eigenvalue weighted by atomic mass is 16.2. The lowest BCUT2D eigenvalue weighted by atomic mass is 10.1. The fourth-order valence-corrected chi connectivity index (χ4v) is 5.01. The van der Waals surface area contributed by atoms with Crippen LogP contribution in [-0.4, -0.2) is 55.7 Å². The predicted octanol–water partition coefficient (Wildman–Crippen LogP) is 2.55. The molecule has 6 rings (SSSR count). The van der Waals surface area contributed by atoms with Gasteiger partial charge in [0, 0.05) is 67.2 Å². The van der Waals surface area contributed by atoms with Crippen LogP contribution in [0.2, 0.25) is 0 Å². The molecular formula is C21H24N6O. The third kappa shape index (κ3) is 2.45. The van der Waals surface area contributed by atoms with Crippen molar-refractivity contribution < 1.29 is 4.79 Å². The molecule has 3 aromatic heterocycles. The Bertz CT molecular complexity index is 1050. The van der Waals surface area contributed by atoms with E-state index >= 15 is 0 Å². The van der Waals surface area contributed by atoms with Gasteiger partial charge in [0.15, 0.2) is 0 Å². The smallest absolute Gasteiger partial charge is 0.226 e. The number of piperazine rings is 1. The topological polar surface area (TPSA) is 70.1 Å². The Kier molecular flexibility index (Phi) is 3.36. The molecule has 0 spiro atoms. The van der Waals surface area contributed by atoms with Gasteiger partial charge in [-0.3, -0.25) is 9.48 Å². The molecule has 2 aliphatic heterocycles. The van der Waals surface area contributed by atoms with Crippen LogP contribution in [0, 0.1) is 5.92 Å². The normalized spacial score (nSPS) is 24.3. The number of rotatable bonds is 3. The van der Waals surface area contributed by atoms with E-state index in [1.165, 1.54) is 5.69 Å². The Labute approximate surface area is 163 Å². The number of H-pyrrole nitrogens is 1. The van der Waals surface area contributed by atoms with E-state index in [0.29, 0.717) is 23.9 Å². The molecule has 3 aliphatic rings. The number of aryl methyl sites for hydroxylation is 1. The van der Waals surface area contributed by atoms with Gasteiger partial charge < -0.3 is 14.8 Å². The molecule has 2 unspecified atom stereocenters. The molecule has 1 amide bonds. The van der Waals surface area contributed by atoms with E-state index in [1.54, 1.807) is 0 Å². The zero-order valence-corrected chi connectivity index (χ0v) is 16.0. The summed E-state index contributed by atoms with van der Waals surface area (Å²) < 4.78 is 1.81. The molecule has 7 nitrogen and oxygen atoms in total. The summed E-state index contributed by atoms with van der Waals surface area (Å²) in [5.41, 5.74) is 4.21. The maximum Gasteiger partial charge on any atom is 0.226 e. The molecule has 0 aromatic carbocycles. The number of anilines is 1. The van der Waals surface area contributed by atoms with Crippen molar-refractivity contribution in [2.24, 2.45) is 13.0 Å². The average Bonchev–Trinajstić information content (AvgIpc) is 3.22. The van der Waals surface area contributed by atoms with Gasteiger partial charge in [-0.25, -0.2) is 4.98 Å². The summed E-state index contributed by atoms with van der Waals surface area (Å²) in [5.74, 6) is 0.724. The molecule has 0 radical (unpaired) electrons. The summed E-state index contributed by atoms with van der Waals surface area (Å²) in [6.45, 7) is 1.84. The second-order valence-corrected chi connectivity index (χ2v) is 8.49. The maximum absolute atomic E-state index is 12.7. The maximum atomic E-state index is 12.7. The monoisotopic (exact) mass is 376 g/mol. The second-order valence-electron chi connectivity index (χ2n) is 8.49. The molecule has 28 heavy (non-hydrogen) atoms. The summed E-state index contributed by atoms with van der Waals surface area (Å²) in [7, 11) is 1.92. The van der Waals surface area contributed by atoms with Crippen molar-refractivity contribution in [2.45, 2.75) is 37.8 Å².